The molecular weight excluding hydrogens is 282 g/mol. The van der Waals surface area contributed by atoms with Crippen LogP contribution in [0.4, 0.5) is 0 Å². The Morgan fingerprint density at radius 1 is 1.52 bits per heavy atom. The maximum Gasteiger partial charge on any atom is 0.223 e. The minimum absolute atomic E-state index is 0.229. The van der Waals surface area contributed by atoms with E-state index in [9.17, 15) is 4.79 Å². The van der Waals surface area contributed by atoms with Gasteiger partial charge in [-0.2, -0.15) is 11.8 Å². The van der Waals surface area contributed by atoms with Crippen LogP contribution in [0.15, 0.2) is 24.3 Å². The lowest BCUT2D eigenvalue weighted by atomic mass is 9.97. The lowest BCUT2D eigenvalue weighted by molar-refractivity contribution is -0.130. The number of thioether (sulfide) groups is 1. The van der Waals surface area contributed by atoms with E-state index in [-0.39, 0.29) is 11.8 Å². The molecule has 1 fully saturated rings. The van der Waals surface area contributed by atoms with Gasteiger partial charge in [0.2, 0.25) is 5.91 Å². The number of nitrogens with zero attached hydrogens (tertiary/aromatic N) is 1. The van der Waals surface area contributed by atoms with Gasteiger partial charge in [-0.25, -0.2) is 0 Å². The van der Waals surface area contributed by atoms with Crippen molar-refractivity contribution >= 4 is 17.7 Å². The van der Waals surface area contributed by atoms with Crippen molar-refractivity contribution in [3.63, 3.8) is 0 Å². The predicted octanol–water partition coefficient (Wildman–Crippen LogP) is 3.40. The van der Waals surface area contributed by atoms with Crippen LogP contribution in [0, 0.1) is 5.92 Å². The summed E-state index contributed by atoms with van der Waals surface area (Å²) in [5.74, 6) is 3.21. The standard InChI is InChI=1S/C17H25NO2S/c1-13(15-5-4-6-16(10-15)20-2)9-17(19)18-8-7-14(11-18)12-21-3/h4-6,10,13-14H,7-9,11-12H2,1-3H3. The van der Waals surface area contributed by atoms with Gasteiger partial charge in [-0.3, -0.25) is 4.79 Å². The first-order valence-electron chi connectivity index (χ1n) is 7.54. The number of carbonyl (C=O) groups excluding carboxylic acids is 1. The molecular formula is C17H25NO2S. The molecule has 21 heavy (non-hydrogen) atoms. The highest BCUT2D eigenvalue weighted by Crippen LogP contribution is 2.26. The SMILES string of the molecule is COc1cccc(C(C)CC(=O)N2CCC(CSC)C2)c1. The highest BCUT2D eigenvalue weighted by molar-refractivity contribution is 7.98. The van der Waals surface area contributed by atoms with Crippen LogP contribution in [0.1, 0.15) is 31.2 Å². The van der Waals surface area contributed by atoms with Gasteiger partial charge < -0.3 is 9.64 Å². The van der Waals surface area contributed by atoms with Crippen molar-refractivity contribution in [2.24, 2.45) is 5.92 Å². The Kier molecular flexibility index (Phi) is 5.97. The Morgan fingerprint density at radius 3 is 3.05 bits per heavy atom. The molecule has 4 heteroatoms. The zero-order valence-corrected chi connectivity index (χ0v) is 14.0. The number of benzene rings is 1. The van der Waals surface area contributed by atoms with E-state index >= 15 is 0 Å². The molecule has 1 aliphatic rings. The summed E-state index contributed by atoms with van der Waals surface area (Å²) in [5.41, 5.74) is 1.17. The van der Waals surface area contributed by atoms with Crippen LogP contribution in [0.25, 0.3) is 0 Å². The number of hydrogen-bond acceptors (Lipinski definition) is 3. The molecule has 0 saturated carbocycles. The molecule has 2 rings (SSSR count). The van der Waals surface area contributed by atoms with Crippen LogP contribution in [0.2, 0.25) is 0 Å². The van der Waals surface area contributed by atoms with E-state index in [1.807, 2.05) is 34.9 Å². The van der Waals surface area contributed by atoms with Gasteiger partial charge in [0.25, 0.3) is 0 Å². The van der Waals surface area contributed by atoms with Crippen molar-refractivity contribution < 1.29 is 9.53 Å². The Hall–Kier alpha value is -1.16. The highest BCUT2D eigenvalue weighted by Gasteiger charge is 2.26. The van der Waals surface area contributed by atoms with Gasteiger partial charge in [-0.1, -0.05) is 19.1 Å². The zero-order valence-electron chi connectivity index (χ0n) is 13.2. The first kappa shape index (κ1) is 16.2. The van der Waals surface area contributed by atoms with Gasteiger partial charge in [0.05, 0.1) is 7.11 Å². The molecule has 0 aromatic heterocycles. The van der Waals surface area contributed by atoms with Gasteiger partial charge in [0.15, 0.2) is 0 Å². The third-order valence-electron chi connectivity index (χ3n) is 4.18. The summed E-state index contributed by atoms with van der Waals surface area (Å²) >= 11 is 1.88. The summed E-state index contributed by atoms with van der Waals surface area (Å²) in [6, 6.07) is 8.02. The Balaban J connectivity index is 1.90. The van der Waals surface area contributed by atoms with Crippen molar-refractivity contribution in [3.05, 3.63) is 29.8 Å². The molecule has 0 radical (unpaired) electrons. The van der Waals surface area contributed by atoms with Gasteiger partial charge in [-0.15, -0.1) is 0 Å². The van der Waals surface area contributed by atoms with Crippen LogP contribution in [-0.2, 0) is 4.79 Å². The first-order valence-corrected chi connectivity index (χ1v) is 8.94. The fourth-order valence-electron chi connectivity index (χ4n) is 2.89. The summed E-state index contributed by atoms with van der Waals surface area (Å²) in [4.78, 5) is 14.5. The largest absolute Gasteiger partial charge is 0.497 e. The molecule has 1 aliphatic heterocycles. The van der Waals surface area contributed by atoms with Crippen LogP contribution in [-0.4, -0.2) is 43.0 Å². The lowest BCUT2D eigenvalue weighted by Crippen LogP contribution is -2.29. The van der Waals surface area contributed by atoms with E-state index in [2.05, 4.69) is 19.2 Å². The summed E-state index contributed by atoms with van der Waals surface area (Å²) in [6.07, 6.45) is 3.87. The minimum atomic E-state index is 0.229. The second-order valence-electron chi connectivity index (χ2n) is 5.83. The van der Waals surface area contributed by atoms with E-state index in [1.165, 1.54) is 5.56 Å². The first-order chi connectivity index (χ1) is 10.1. The molecule has 2 unspecified atom stereocenters. The van der Waals surface area contributed by atoms with E-state index in [4.69, 9.17) is 4.74 Å². The second-order valence-corrected chi connectivity index (χ2v) is 6.74. The van der Waals surface area contributed by atoms with Gasteiger partial charge >= 0.3 is 0 Å². The third-order valence-corrected chi connectivity index (χ3v) is 4.99. The highest BCUT2D eigenvalue weighted by atomic mass is 32.2. The maximum atomic E-state index is 12.4. The minimum Gasteiger partial charge on any atom is -0.497 e. The van der Waals surface area contributed by atoms with E-state index in [0.717, 1.165) is 31.0 Å². The molecule has 3 nitrogen and oxygen atoms in total. The molecule has 116 valence electrons. The Labute approximate surface area is 132 Å². The summed E-state index contributed by atoms with van der Waals surface area (Å²) < 4.78 is 5.25. The van der Waals surface area contributed by atoms with Crippen LogP contribution < -0.4 is 4.74 Å². The molecule has 0 aliphatic carbocycles. The smallest absolute Gasteiger partial charge is 0.223 e. The van der Waals surface area contributed by atoms with Crippen LogP contribution in [0.5, 0.6) is 5.75 Å². The molecule has 1 heterocycles. The normalized spacial score (nSPS) is 19.6. The number of rotatable bonds is 6. The molecule has 1 aromatic rings. The number of amides is 1. The van der Waals surface area contributed by atoms with Crippen LogP contribution in [0.3, 0.4) is 0 Å². The van der Waals surface area contributed by atoms with Crippen LogP contribution >= 0.6 is 11.8 Å². The van der Waals surface area contributed by atoms with Crippen molar-refractivity contribution in [1.82, 2.24) is 4.90 Å². The predicted molar refractivity (Wildman–Crippen MR) is 89.1 cm³/mol. The summed E-state index contributed by atoms with van der Waals surface area (Å²) in [6.45, 7) is 3.97. The number of hydrogen-bond donors (Lipinski definition) is 0. The number of carbonyl (C=O) groups is 1. The zero-order chi connectivity index (χ0) is 15.2. The summed E-state index contributed by atoms with van der Waals surface area (Å²) in [5, 5.41) is 0. The number of methoxy groups -OCH3 is 1. The van der Waals surface area contributed by atoms with E-state index < -0.39 is 0 Å². The summed E-state index contributed by atoms with van der Waals surface area (Å²) in [7, 11) is 1.67. The molecule has 0 spiro atoms. The maximum absolute atomic E-state index is 12.4. The fourth-order valence-corrected chi connectivity index (χ4v) is 3.63. The lowest BCUT2D eigenvalue weighted by Gasteiger charge is -2.19. The van der Waals surface area contributed by atoms with Crippen molar-refractivity contribution in [2.75, 3.05) is 32.2 Å². The van der Waals surface area contributed by atoms with Crippen molar-refractivity contribution in [2.45, 2.75) is 25.7 Å². The fraction of sp³-hybridized carbons (Fsp3) is 0.588. The molecule has 2 atom stereocenters. The molecule has 0 N–H and O–H groups in total. The number of ether oxygens (including phenoxy) is 1. The molecule has 1 amide bonds. The number of likely N-dealkylation sites (tertiary alicyclic amines) is 1. The average molecular weight is 307 g/mol. The van der Waals surface area contributed by atoms with Gasteiger partial charge in [0.1, 0.15) is 5.75 Å². The van der Waals surface area contributed by atoms with Gasteiger partial charge in [0, 0.05) is 19.5 Å². The molecule has 1 aromatic carbocycles. The monoisotopic (exact) mass is 307 g/mol. The average Bonchev–Trinajstić information content (AvgIpc) is 2.96. The molecule has 0 bridgehead atoms. The second kappa shape index (κ2) is 7.74. The van der Waals surface area contributed by atoms with Gasteiger partial charge in [-0.05, 0) is 48.0 Å². The quantitative estimate of drug-likeness (QED) is 0.807. The third kappa shape index (κ3) is 4.40. The topological polar surface area (TPSA) is 29.5 Å². The van der Waals surface area contributed by atoms with Crippen molar-refractivity contribution in [3.8, 4) is 5.75 Å². The Bertz CT molecular complexity index is 478. The molecule has 1 saturated heterocycles. The van der Waals surface area contributed by atoms with E-state index in [0.29, 0.717) is 12.3 Å². The van der Waals surface area contributed by atoms with Crippen molar-refractivity contribution in [1.29, 1.82) is 0 Å². The Morgan fingerprint density at radius 2 is 2.33 bits per heavy atom. The van der Waals surface area contributed by atoms with E-state index in [1.54, 1.807) is 7.11 Å².